The molecule has 1 aliphatic carbocycles. The molecular weight excluding hydrogens is 205 g/mol. The molecule has 16 heavy (non-hydrogen) atoms. The van der Waals surface area contributed by atoms with E-state index in [4.69, 9.17) is 0 Å². The van der Waals surface area contributed by atoms with Crippen LogP contribution in [0.25, 0.3) is 0 Å². The molecule has 0 spiro atoms. The highest BCUT2D eigenvalue weighted by molar-refractivity contribution is 5.19. The van der Waals surface area contributed by atoms with Gasteiger partial charge >= 0.3 is 0 Å². The summed E-state index contributed by atoms with van der Waals surface area (Å²) in [4.78, 5) is 0. The highest BCUT2D eigenvalue weighted by atomic mass is 19.1. The van der Waals surface area contributed by atoms with E-state index in [9.17, 15) is 9.50 Å². The van der Waals surface area contributed by atoms with Crippen molar-refractivity contribution in [2.75, 3.05) is 6.54 Å². The number of nitrogens with one attached hydrogen (secondary N) is 1. The van der Waals surface area contributed by atoms with Crippen molar-refractivity contribution in [3.05, 3.63) is 35.6 Å². The van der Waals surface area contributed by atoms with Gasteiger partial charge in [-0.1, -0.05) is 12.1 Å². The summed E-state index contributed by atoms with van der Waals surface area (Å²) in [5.41, 5.74) is 0.635. The predicted octanol–water partition coefficient (Wildman–Crippen LogP) is 2.25. The van der Waals surface area contributed by atoms with Crippen molar-refractivity contribution in [3.63, 3.8) is 0 Å². The van der Waals surface area contributed by atoms with E-state index in [1.54, 1.807) is 12.1 Å². The maximum atomic E-state index is 12.9. The summed E-state index contributed by atoms with van der Waals surface area (Å²) in [6, 6.07) is 6.59. The van der Waals surface area contributed by atoms with Gasteiger partial charge in [-0.3, -0.25) is 0 Å². The van der Waals surface area contributed by atoms with Crippen molar-refractivity contribution in [2.45, 2.75) is 31.9 Å². The van der Waals surface area contributed by atoms with Gasteiger partial charge in [-0.05, 0) is 43.4 Å². The molecule has 0 aliphatic heterocycles. The summed E-state index contributed by atoms with van der Waals surface area (Å²) in [6.07, 6.45) is 1.94. The first kappa shape index (κ1) is 11.6. The summed E-state index contributed by atoms with van der Waals surface area (Å²) >= 11 is 0. The van der Waals surface area contributed by atoms with Crippen LogP contribution in [0.2, 0.25) is 0 Å². The molecule has 2 unspecified atom stereocenters. The van der Waals surface area contributed by atoms with Crippen LogP contribution < -0.4 is 5.32 Å². The molecule has 1 aromatic carbocycles. The standard InChI is InChI=1S/C13H18FNO/c1-9(10-5-6-10)15-8-13(16)11-3-2-4-12(14)7-11/h2-4,7,9-10,13,15-16H,5-6,8H2,1H3. The largest absolute Gasteiger partial charge is 0.387 e. The van der Waals surface area contributed by atoms with E-state index in [1.165, 1.54) is 25.0 Å². The predicted molar refractivity (Wildman–Crippen MR) is 61.5 cm³/mol. The van der Waals surface area contributed by atoms with E-state index >= 15 is 0 Å². The highest BCUT2D eigenvalue weighted by Crippen LogP contribution is 2.32. The third-order valence-corrected chi connectivity index (χ3v) is 3.20. The average Bonchev–Trinajstić information content (AvgIpc) is 3.09. The zero-order valence-electron chi connectivity index (χ0n) is 9.49. The molecule has 1 fully saturated rings. The molecule has 0 amide bonds. The fourth-order valence-electron chi connectivity index (χ4n) is 1.89. The first-order valence-electron chi connectivity index (χ1n) is 5.83. The Morgan fingerprint density at radius 2 is 2.25 bits per heavy atom. The first-order valence-corrected chi connectivity index (χ1v) is 5.83. The molecule has 0 radical (unpaired) electrons. The lowest BCUT2D eigenvalue weighted by Crippen LogP contribution is -2.31. The van der Waals surface area contributed by atoms with Crippen LogP contribution in [0, 0.1) is 11.7 Å². The minimum absolute atomic E-state index is 0.299. The minimum atomic E-state index is -0.628. The Balaban J connectivity index is 1.84. The molecule has 3 heteroatoms. The van der Waals surface area contributed by atoms with E-state index in [-0.39, 0.29) is 5.82 Å². The summed E-state index contributed by atoms with van der Waals surface area (Å²) in [6.45, 7) is 2.62. The molecular formula is C13H18FNO. The Morgan fingerprint density at radius 3 is 2.88 bits per heavy atom. The summed E-state index contributed by atoms with van der Waals surface area (Å²) < 4.78 is 12.9. The molecule has 1 aliphatic rings. The van der Waals surface area contributed by atoms with Gasteiger partial charge in [0, 0.05) is 12.6 Å². The van der Waals surface area contributed by atoms with Crippen molar-refractivity contribution in [2.24, 2.45) is 5.92 Å². The molecule has 0 saturated heterocycles. The second kappa shape index (κ2) is 4.93. The fraction of sp³-hybridized carbons (Fsp3) is 0.538. The smallest absolute Gasteiger partial charge is 0.123 e. The van der Waals surface area contributed by atoms with Crippen molar-refractivity contribution in [3.8, 4) is 0 Å². The topological polar surface area (TPSA) is 32.3 Å². The van der Waals surface area contributed by atoms with Crippen LogP contribution in [0.1, 0.15) is 31.4 Å². The molecule has 88 valence electrons. The second-order valence-corrected chi connectivity index (χ2v) is 4.61. The van der Waals surface area contributed by atoms with Crippen LogP contribution >= 0.6 is 0 Å². The lowest BCUT2D eigenvalue weighted by molar-refractivity contribution is 0.169. The van der Waals surface area contributed by atoms with Crippen molar-refractivity contribution < 1.29 is 9.50 Å². The molecule has 0 heterocycles. The lowest BCUT2D eigenvalue weighted by atomic mass is 10.1. The van der Waals surface area contributed by atoms with Gasteiger partial charge in [0.25, 0.3) is 0 Å². The second-order valence-electron chi connectivity index (χ2n) is 4.61. The van der Waals surface area contributed by atoms with Crippen LogP contribution in [0.3, 0.4) is 0 Å². The van der Waals surface area contributed by atoms with Crippen molar-refractivity contribution >= 4 is 0 Å². The zero-order valence-corrected chi connectivity index (χ0v) is 9.49. The molecule has 0 aromatic heterocycles. The SMILES string of the molecule is CC(NCC(O)c1cccc(F)c1)C1CC1. The minimum Gasteiger partial charge on any atom is -0.387 e. The van der Waals surface area contributed by atoms with Gasteiger partial charge in [-0.15, -0.1) is 0 Å². The summed E-state index contributed by atoms with van der Waals surface area (Å²) in [5, 5.41) is 13.2. The van der Waals surface area contributed by atoms with Crippen LogP contribution in [0.5, 0.6) is 0 Å². The van der Waals surface area contributed by atoms with Gasteiger partial charge in [0.05, 0.1) is 6.10 Å². The van der Waals surface area contributed by atoms with Crippen molar-refractivity contribution in [1.82, 2.24) is 5.32 Å². The zero-order chi connectivity index (χ0) is 11.5. The number of halogens is 1. The van der Waals surface area contributed by atoms with E-state index in [0.717, 1.165) is 5.92 Å². The maximum absolute atomic E-state index is 12.9. The van der Waals surface area contributed by atoms with E-state index in [0.29, 0.717) is 18.2 Å². The molecule has 1 aromatic rings. The average molecular weight is 223 g/mol. The number of benzene rings is 1. The Morgan fingerprint density at radius 1 is 1.50 bits per heavy atom. The molecule has 2 N–H and O–H groups in total. The van der Waals surface area contributed by atoms with Crippen LogP contribution in [0.15, 0.2) is 24.3 Å². The third-order valence-electron chi connectivity index (χ3n) is 3.20. The maximum Gasteiger partial charge on any atom is 0.123 e. The Kier molecular flexibility index (Phi) is 3.56. The van der Waals surface area contributed by atoms with Crippen LogP contribution in [-0.2, 0) is 0 Å². The number of aliphatic hydroxyl groups is 1. The molecule has 2 nitrogen and oxygen atoms in total. The third kappa shape index (κ3) is 3.03. The Hall–Kier alpha value is -0.930. The summed E-state index contributed by atoms with van der Waals surface area (Å²) in [7, 11) is 0. The number of aliphatic hydroxyl groups excluding tert-OH is 1. The molecule has 2 atom stereocenters. The highest BCUT2D eigenvalue weighted by Gasteiger charge is 2.27. The fourth-order valence-corrected chi connectivity index (χ4v) is 1.89. The number of rotatable bonds is 5. The quantitative estimate of drug-likeness (QED) is 0.802. The van der Waals surface area contributed by atoms with Gasteiger partial charge in [-0.2, -0.15) is 0 Å². The number of hydrogen-bond donors (Lipinski definition) is 2. The van der Waals surface area contributed by atoms with Gasteiger partial charge in [-0.25, -0.2) is 4.39 Å². The van der Waals surface area contributed by atoms with Crippen LogP contribution in [-0.4, -0.2) is 17.7 Å². The number of hydrogen-bond acceptors (Lipinski definition) is 2. The molecule has 0 bridgehead atoms. The monoisotopic (exact) mass is 223 g/mol. The van der Waals surface area contributed by atoms with Gasteiger partial charge in [0.1, 0.15) is 5.82 Å². The van der Waals surface area contributed by atoms with E-state index < -0.39 is 6.10 Å². The van der Waals surface area contributed by atoms with Gasteiger partial charge < -0.3 is 10.4 Å². The normalized spacial score (nSPS) is 19.4. The van der Waals surface area contributed by atoms with Crippen molar-refractivity contribution in [1.29, 1.82) is 0 Å². The molecule has 1 saturated carbocycles. The summed E-state index contributed by atoms with van der Waals surface area (Å²) in [5.74, 6) is 0.464. The molecule has 2 rings (SSSR count). The lowest BCUT2D eigenvalue weighted by Gasteiger charge is -2.16. The van der Waals surface area contributed by atoms with Crippen LogP contribution in [0.4, 0.5) is 4.39 Å². The first-order chi connectivity index (χ1) is 7.66. The van der Waals surface area contributed by atoms with Gasteiger partial charge in [0.2, 0.25) is 0 Å². The van der Waals surface area contributed by atoms with E-state index in [1.807, 2.05) is 0 Å². The van der Waals surface area contributed by atoms with Gasteiger partial charge in [0.15, 0.2) is 0 Å². The Bertz CT molecular complexity index is 352. The Labute approximate surface area is 95.5 Å². The van der Waals surface area contributed by atoms with E-state index in [2.05, 4.69) is 12.2 Å².